The molecule has 0 spiro atoms. The van der Waals surface area contributed by atoms with Gasteiger partial charge in [-0.25, -0.2) is 13.6 Å². The average molecular weight is 322 g/mol. The van der Waals surface area contributed by atoms with Gasteiger partial charge in [0.1, 0.15) is 0 Å². The lowest BCUT2D eigenvalue weighted by Gasteiger charge is -2.11. The SMILES string of the molecule is CSc1ccc(CNc2cc(S(N)(=O)=O)ccc2C)cc1. The number of anilines is 1. The number of benzene rings is 2. The quantitative estimate of drug-likeness (QED) is 0.830. The van der Waals surface area contributed by atoms with Crippen LogP contribution < -0.4 is 10.5 Å². The Morgan fingerprint density at radius 3 is 2.38 bits per heavy atom. The van der Waals surface area contributed by atoms with Gasteiger partial charge in [0.2, 0.25) is 10.0 Å². The van der Waals surface area contributed by atoms with Crippen LogP contribution in [0, 0.1) is 6.92 Å². The maximum atomic E-state index is 11.4. The first kappa shape index (κ1) is 15.9. The summed E-state index contributed by atoms with van der Waals surface area (Å²) >= 11 is 1.70. The lowest BCUT2D eigenvalue weighted by atomic mass is 10.2. The Kier molecular flexibility index (Phi) is 4.92. The van der Waals surface area contributed by atoms with Gasteiger partial charge in [-0.05, 0) is 48.6 Å². The number of thioether (sulfide) groups is 1. The van der Waals surface area contributed by atoms with Crippen LogP contribution in [-0.4, -0.2) is 14.7 Å². The van der Waals surface area contributed by atoms with Crippen molar-refractivity contribution in [2.45, 2.75) is 23.3 Å². The molecule has 0 aromatic heterocycles. The molecular weight excluding hydrogens is 304 g/mol. The normalized spacial score (nSPS) is 11.4. The second-order valence-electron chi connectivity index (χ2n) is 4.72. The number of nitrogens with one attached hydrogen (secondary N) is 1. The van der Waals surface area contributed by atoms with E-state index in [2.05, 4.69) is 29.6 Å². The highest BCUT2D eigenvalue weighted by atomic mass is 32.2. The summed E-state index contributed by atoms with van der Waals surface area (Å²) in [7, 11) is -3.68. The van der Waals surface area contributed by atoms with Crippen molar-refractivity contribution in [2.24, 2.45) is 5.14 Å². The number of rotatable bonds is 5. The minimum atomic E-state index is -3.68. The summed E-state index contributed by atoms with van der Waals surface area (Å²) in [6, 6.07) is 13.1. The Hall–Kier alpha value is -1.50. The predicted octanol–water partition coefficient (Wildman–Crippen LogP) is 2.98. The fourth-order valence-electron chi connectivity index (χ4n) is 1.91. The van der Waals surface area contributed by atoms with Gasteiger partial charge >= 0.3 is 0 Å². The van der Waals surface area contributed by atoms with E-state index in [4.69, 9.17) is 5.14 Å². The predicted molar refractivity (Wildman–Crippen MR) is 88.1 cm³/mol. The summed E-state index contributed by atoms with van der Waals surface area (Å²) in [4.78, 5) is 1.33. The van der Waals surface area contributed by atoms with Gasteiger partial charge < -0.3 is 5.32 Å². The number of sulfonamides is 1. The molecule has 0 atom stereocenters. The molecule has 0 aliphatic heterocycles. The van der Waals surface area contributed by atoms with Gasteiger partial charge in [0.15, 0.2) is 0 Å². The van der Waals surface area contributed by atoms with Crippen LogP contribution in [0.2, 0.25) is 0 Å². The fraction of sp³-hybridized carbons (Fsp3) is 0.200. The van der Waals surface area contributed by atoms with Crippen LogP contribution in [0.4, 0.5) is 5.69 Å². The summed E-state index contributed by atoms with van der Waals surface area (Å²) in [6.45, 7) is 2.55. The third kappa shape index (κ3) is 4.23. The van der Waals surface area contributed by atoms with Gasteiger partial charge in [-0.1, -0.05) is 18.2 Å². The van der Waals surface area contributed by atoms with Gasteiger partial charge in [-0.2, -0.15) is 0 Å². The molecule has 0 heterocycles. The van der Waals surface area contributed by atoms with E-state index in [0.717, 1.165) is 16.8 Å². The Morgan fingerprint density at radius 1 is 1.14 bits per heavy atom. The third-order valence-electron chi connectivity index (χ3n) is 3.18. The molecule has 4 nitrogen and oxygen atoms in total. The summed E-state index contributed by atoms with van der Waals surface area (Å²) < 4.78 is 22.8. The van der Waals surface area contributed by atoms with Crippen LogP contribution in [0.15, 0.2) is 52.3 Å². The van der Waals surface area contributed by atoms with Crippen molar-refractivity contribution < 1.29 is 8.42 Å². The summed E-state index contributed by atoms with van der Waals surface area (Å²) in [5.74, 6) is 0. The molecule has 0 unspecified atom stereocenters. The van der Waals surface area contributed by atoms with E-state index in [1.54, 1.807) is 23.9 Å². The fourth-order valence-corrected chi connectivity index (χ4v) is 2.86. The highest BCUT2D eigenvalue weighted by Crippen LogP contribution is 2.21. The van der Waals surface area contributed by atoms with E-state index in [-0.39, 0.29) is 4.90 Å². The van der Waals surface area contributed by atoms with Gasteiger partial charge in [0.25, 0.3) is 0 Å². The molecule has 0 saturated heterocycles. The molecular formula is C15H18N2O2S2. The van der Waals surface area contributed by atoms with E-state index < -0.39 is 10.0 Å². The van der Waals surface area contributed by atoms with Crippen molar-refractivity contribution in [1.82, 2.24) is 0 Å². The lowest BCUT2D eigenvalue weighted by Crippen LogP contribution is -2.13. The third-order valence-corrected chi connectivity index (χ3v) is 4.83. The summed E-state index contributed by atoms with van der Waals surface area (Å²) in [5, 5.41) is 8.41. The first-order valence-electron chi connectivity index (χ1n) is 6.40. The molecule has 0 fully saturated rings. The number of hydrogen-bond acceptors (Lipinski definition) is 4. The van der Waals surface area contributed by atoms with E-state index in [9.17, 15) is 8.42 Å². The average Bonchev–Trinajstić information content (AvgIpc) is 2.45. The topological polar surface area (TPSA) is 72.2 Å². The van der Waals surface area contributed by atoms with Crippen LogP contribution in [0.5, 0.6) is 0 Å². The molecule has 2 aromatic rings. The molecule has 0 radical (unpaired) electrons. The van der Waals surface area contributed by atoms with E-state index >= 15 is 0 Å². The second-order valence-corrected chi connectivity index (χ2v) is 7.16. The van der Waals surface area contributed by atoms with Gasteiger partial charge in [-0.3, -0.25) is 0 Å². The number of hydrogen-bond donors (Lipinski definition) is 2. The monoisotopic (exact) mass is 322 g/mol. The second kappa shape index (κ2) is 6.51. The molecule has 0 saturated carbocycles. The Balaban J connectivity index is 2.15. The van der Waals surface area contributed by atoms with E-state index in [1.807, 2.05) is 13.2 Å². The molecule has 0 aliphatic carbocycles. The van der Waals surface area contributed by atoms with E-state index in [1.165, 1.54) is 11.0 Å². The van der Waals surface area contributed by atoms with Gasteiger partial charge in [-0.15, -0.1) is 11.8 Å². The van der Waals surface area contributed by atoms with Crippen molar-refractivity contribution in [3.8, 4) is 0 Å². The highest BCUT2D eigenvalue weighted by Gasteiger charge is 2.09. The maximum Gasteiger partial charge on any atom is 0.238 e. The van der Waals surface area contributed by atoms with Crippen LogP contribution in [0.3, 0.4) is 0 Å². The number of primary sulfonamides is 1. The maximum absolute atomic E-state index is 11.4. The zero-order chi connectivity index (χ0) is 15.5. The number of aryl methyl sites for hydroxylation is 1. The van der Waals surface area contributed by atoms with E-state index in [0.29, 0.717) is 6.54 Å². The lowest BCUT2D eigenvalue weighted by molar-refractivity contribution is 0.598. The highest BCUT2D eigenvalue weighted by molar-refractivity contribution is 7.98. The Labute approximate surface area is 129 Å². The summed E-state index contributed by atoms with van der Waals surface area (Å²) in [5.41, 5.74) is 2.88. The first-order valence-corrected chi connectivity index (χ1v) is 9.17. The molecule has 21 heavy (non-hydrogen) atoms. The van der Waals surface area contributed by atoms with Crippen LogP contribution in [0.1, 0.15) is 11.1 Å². The first-order chi connectivity index (χ1) is 9.90. The van der Waals surface area contributed by atoms with Crippen molar-refractivity contribution in [1.29, 1.82) is 0 Å². The molecule has 3 N–H and O–H groups in total. The molecule has 0 amide bonds. The molecule has 0 bridgehead atoms. The number of nitrogens with two attached hydrogens (primary N) is 1. The Bertz CT molecular complexity index is 726. The van der Waals surface area contributed by atoms with Gasteiger partial charge in [0, 0.05) is 17.1 Å². The van der Waals surface area contributed by atoms with Crippen LogP contribution >= 0.6 is 11.8 Å². The van der Waals surface area contributed by atoms with Gasteiger partial charge in [0.05, 0.1) is 4.90 Å². The minimum Gasteiger partial charge on any atom is -0.381 e. The standard InChI is InChI=1S/C15H18N2O2S2/c1-11-3-8-14(21(16,18)19)9-15(11)17-10-12-4-6-13(20-2)7-5-12/h3-9,17H,10H2,1-2H3,(H2,16,18,19). The van der Waals surface area contributed by atoms with Crippen molar-refractivity contribution in [3.63, 3.8) is 0 Å². The molecule has 112 valence electrons. The van der Waals surface area contributed by atoms with Crippen molar-refractivity contribution in [3.05, 3.63) is 53.6 Å². The largest absolute Gasteiger partial charge is 0.381 e. The summed E-state index contributed by atoms with van der Waals surface area (Å²) in [6.07, 6.45) is 2.04. The Morgan fingerprint density at radius 2 is 1.81 bits per heavy atom. The van der Waals surface area contributed by atoms with Crippen molar-refractivity contribution in [2.75, 3.05) is 11.6 Å². The smallest absolute Gasteiger partial charge is 0.238 e. The van der Waals surface area contributed by atoms with Crippen LogP contribution in [-0.2, 0) is 16.6 Å². The molecule has 6 heteroatoms. The minimum absolute atomic E-state index is 0.119. The molecule has 2 rings (SSSR count). The zero-order valence-corrected chi connectivity index (χ0v) is 13.6. The molecule has 0 aliphatic rings. The molecule has 2 aromatic carbocycles. The zero-order valence-electron chi connectivity index (χ0n) is 12.0. The van der Waals surface area contributed by atoms with Crippen molar-refractivity contribution >= 4 is 27.5 Å². The van der Waals surface area contributed by atoms with Crippen LogP contribution in [0.25, 0.3) is 0 Å².